The minimum absolute atomic E-state index is 0.0116. The van der Waals surface area contributed by atoms with E-state index in [-0.39, 0.29) is 29.9 Å². The van der Waals surface area contributed by atoms with Crippen molar-refractivity contribution in [2.24, 2.45) is 0 Å². The molecule has 1 aromatic rings. The monoisotopic (exact) mass is 425 g/mol. The molecule has 3 saturated heterocycles. The van der Waals surface area contributed by atoms with E-state index in [1.807, 2.05) is 6.07 Å². The Morgan fingerprint density at radius 3 is 2.55 bits per heavy atom. The Hall–Kier alpha value is -3.11. The lowest BCUT2D eigenvalue weighted by Crippen LogP contribution is -2.69. The molecule has 1 unspecified atom stereocenters. The number of nitrogens with zero attached hydrogens (tertiary/aromatic N) is 2. The molecule has 5 rings (SSSR count). The van der Waals surface area contributed by atoms with Crippen LogP contribution in [0.4, 0.5) is 0 Å². The van der Waals surface area contributed by atoms with Gasteiger partial charge in [0.15, 0.2) is 0 Å². The van der Waals surface area contributed by atoms with Crippen molar-refractivity contribution in [2.45, 2.75) is 37.4 Å². The first-order valence-corrected chi connectivity index (χ1v) is 10.5. The van der Waals surface area contributed by atoms with Gasteiger partial charge in [0, 0.05) is 45.6 Å². The van der Waals surface area contributed by atoms with Gasteiger partial charge in [0.05, 0.1) is 16.7 Å². The fraction of sp³-hybridized carbons (Fsp3) is 0.476. The highest BCUT2D eigenvalue weighted by atomic mass is 16.2. The van der Waals surface area contributed by atoms with Crippen LogP contribution < -0.4 is 16.0 Å². The zero-order valence-electron chi connectivity index (χ0n) is 16.9. The van der Waals surface area contributed by atoms with Crippen molar-refractivity contribution in [3.8, 4) is 0 Å². The molecule has 1 aromatic carbocycles. The normalized spacial score (nSPS) is 25.7. The van der Waals surface area contributed by atoms with Gasteiger partial charge in [-0.1, -0.05) is 12.1 Å². The highest BCUT2D eigenvalue weighted by Gasteiger charge is 2.48. The Morgan fingerprint density at radius 2 is 1.84 bits per heavy atom. The molecule has 1 spiro atoms. The minimum atomic E-state index is -0.986. The number of hydrogen-bond acceptors (Lipinski definition) is 7. The summed E-state index contributed by atoms with van der Waals surface area (Å²) in [4.78, 5) is 65.4. The second-order valence-electron chi connectivity index (χ2n) is 8.56. The van der Waals surface area contributed by atoms with Crippen molar-refractivity contribution in [3.63, 3.8) is 0 Å². The third-order valence-electron chi connectivity index (χ3n) is 6.69. The summed E-state index contributed by atoms with van der Waals surface area (Å²) < 4.78 is 0. The molecule has 162 valence electrons. The van der Waals surface area contributed by atoms with Crippen molar-refractivity contribution < 1.29 is 24.0 Å². The fourth-order valence-corrected chi connectivity index (χ4v) is 4.97. The molecular weight excluding hydrogens is 402 g/mol. The number of carbonyl (C=O) groups is 5. The third kappa shape index (κ3) is 3.14. The van der Waals surface area contributed by atoms with Gasteiger partial charge in [-0.15, -0.1) is 0 Å². The Bertz CT molecular complexity index is 1020. The smallest absolute Gasteiger partial charge is 0.262 e. The molecule has 10 heteroatoms. The van der Waals surface area contributed by atoms with E-state index >= 15 is 0 Å². The van der Waals surface area contributed by atoms with Crippen molar-refractivity contribution >= 4 is 29.5 Å². The van der Waals surface area contributed by atoms with Crippen LogP contribution in [0, 0.1) is 0 Å². The second kappa shape index (κ2) is 7.24. The Balaban J connectivity index is 1.45. The van der Waals surface area contributed by atoms with Gasteiger partial charge < -0.3 is 10.6 Å². The highest BCUT2D eigenvalue weighted by molar-refractivity contribution is 6.24. The lowest BCUT2D eigenvalue weighted by Gasteiger charge is -2.49. The van der Waals surface area contributed by atoms with Gasteiger partial charge in [0.1, 0.15) is 6.04 Å². The lowest BCUT2D eigenvalue weighted by molar-refractivity contribution is -0.136. The van der Waals surface area contributed by atoms with Crippen LogP contribution in [0.25, 0.3) is 0 Å². The molecule has 10 nitrogen and oxygen atoms in total. The van der Waals surface area contributed by atoms with Crippen molar-refractivity contribution in [3.05, 3.63) is 34.9 Å². The van der Waals surface area contributed by atoms with E-state index in [9.17, 15) is 24.0 Å². The summed E-state index contributed by atoms with van der Waals surface area (Å²) in [6, 6.07) is 4.16. The molecule has 3 N–H and O–H groups in total. The van der Waals surface area contributed by atoms with Gasteiger partial charge in [-0.3, -0.25) is 39.1 Å². The van der Waals surface area contributed by atoms with Crippen LogP contribution in [0.15, 0.2) is 18.2 Å². The molecule has 5 amide bonds. The number of fused-ring (bicyclic) bond motifs is 1. The lowest BCUT2D eigenvalue weighted by atomic mass is 9.85. The number of benzene rings is 1. The number of nitrogens with one attached hydrogen (secondary N) is 3. The third-order valence-corrected chi connectivity index (χ3v) is 6.69. The first kappa shape index (κ1) is 19.8. The maximum atomic E-state index is 13.3. The number of amides is 5. The molecule has 4 aliphatic heterocycles. The number of hydrogen-bond donors (Lipinski definition) is 3. The molecule has 1 atom stereocenters. The van der Waals surface area contributed by atoms with Crippen LogP contribution >= 0.6 is 0 Å². The molecule has 0 bridgehead atoms. The summed E-state index contributed by atoms with van der Waals surface area (Å²) in [6.45, 7) is 2.94. The van der Waals surface area contributed by atoms with Gasteiger partial charge in [-0.2, -0.15) is 0 Å². The number of piperidine rings is 1. The van der Waals surface area contributed by atoms with E-state index in [1.54, 1.807) is 12.1 Å². The number of carbonyl (C=O) groups excluding carboxylic acids is 5. The Kier molecular flexibility index (Phi) is 4.63. The maximum absolute atomic E-state index is 13.3. The fourth-order valence-electron chi connectivity index (χ4n) is 4.97. The summed E-state index contributed by atoms with van der Waals surface area (Å²) in [5.41, 5.74) is 0.976. The van der Waals surface area contributed by atoms with Crippen LogP contribution in [-0.4, -0.2) is 77.1 Å². The van der Waals surface area contributed by atoms with Gasteiger partial charge in [0.2, 0.25) is 17.7 Å². The summed E-state index contributed by atoms with van der Waals surface area (Å²) in [5, 5.41) is 8.35. The first-order chi connectivity index (χ1) is 14.9. The number of rotatable bonds is 3. The molecular formula is C21H23N5O5. The van der Waals surface area contributed by atoms with Gasteiger partial charge in [0.25, 0.3) is 11.8 Å². The zero-order valence-corrected chi connectivity index (χ0v) is 16.9. The predicted molar refractivity (Wildman–Crippen MR) is 107 cm³/mol. The van der Waals surface area contributed by atoms with Crippen LogP contribution in [0.3, 0.4) is 0 Å². The largest absolute Gasteiger partial charge is 0.355 e. The van der Waals surface area contributed by atoms with E-state index in [2.05, 4.69) is 20.9 Å². The molecule has 0 saturated carbocycles. The second-order valence-corrected chi connectivity index (χ2v) is 8.56. The molecule has 0 radical (unpaired) electrons. The van der Waals surface area contributed by atoms with Crippen molar-refractivity contribution in [1.82, 2.24) is 25.8 Å². The van der Waals surface area contributed by atoms with E-state index in [0.29, 0.717) is 50.3 Å². The summed E-state index contributed by atoms with van der Waals surface area (Å²) >= 11 is 0. The Morgan fingerprint density at radius 1 is 1.03 bits per heavy atom. The summed E-state index contributed by atoms with van der Waals surface area (Å²) in [5.74, 6) is -2.03. The van der Waals surface area contributed by atoms with Crippen LogP contribution in [0.2, 0.25) is 0 Å². The van der Waals surface area contributed by atoms with Crippen molar-refractivity contribution in [2.75, 3.05) is 26.2 Å². The first-order valence-electron chi connectivity index (χ1n) is 10.5. The highest BCUT2D eigenvalue weighted by Crippen LogP contribution is 2.33. The van der Waals surface area contributed by atoms with E-state index in [0.717, 1.165) is 4.90 Å². The molecule has 4 heterocycles. The average molecular weight is 425 g/mol. The molecule has 0 aliphatic carbocycles. The van der Waals surface area contributed by atoms with E-state index < -0.39 is 29.7 Å². The van der Waals surface area contributed by atoms with Gasteiger partial charge in [-0.05, 0) is 18.1 Å². The molecule has 0 aromatic heterocycles. The topological polar surface area (TPSA) is 128 Å². The predicted octanol–water partition coefficient (Wildman–Crippen LogP) is -1.25. The zero-order chi connectivity index (χ0) is 21.8. The van der Waals surface area contributed by atoms with Crippen LogP contribution in [0.1, 0.15) is 45.5 Å². The summed E-state index contributed by atoms with van der Waals surface area (Å²) in [7, 11) is 0. The van der Waals surface area contributed by atoms with Crippen LogP contribution in [0.5, 0.6) is 0 Å². The molecule has 3 fully saturated rings. The maximum Gasteiger partial charge on any atom is 0.262 e. The number of imide groups is 2. The van der Waals surface area contributed by atoms with E-state index in [4.69, 9.17) is 0 Å². The van der Waals surface area contributed by atoms with Crippen molar-refractivity contribution in [1.29, 1.82) is 0 Å². The minimum Gasteiger partial charge on any atom is -0.355 e. The van der Waals surface area contributed by atoms with Crippen LogP contribution in [-0.2, 0) is 20.9 Å². The molecule has 31 heavy (non-hydrogen) atoms. The Labute approximate surface area is 178 Å². The quantitative estimate of drug-likeness (QED) is 0.517. The molecule has 4 aliphatic rings. The standard InChI is InChI=1S/C21H23N5O5/c27-15-5-4-14(18(29)24-15)26-19(30)13-3-1-2-12(17(13)20(26)31)9-25-7-6-23-16(28)8-21(25)10-22-11-21/h1-3,14,22H,4-11H2,(H,23,28)(H,24,27,29). The summed E-state index contributed by atoms with van der Waals surface area (Å²) in [6.07, 6.45) is 0.589. The van der Waals surface area contributed by atoms with Gasteiger partial charge in [-0.25, -0.2) is 0 Å². The average Bonchev–Trinajstić information content (AvgIpc) is 2.84. The van der Waals surface area contributed by atoms with E-state index in [1.165, 1.54) is 0 Å². The SMILES string of the molecule is O=C1CC2(CNC2)N(Cc2cccc3c2C(=O)N(C2CCC(=O)NC2=O)C3=O)CCN1. The van der Waals surface area contributed by atoms with Gasteiger partial charge >= 0.3 is 0 Å².